The molecule has 1 aromatic rings. The summed E-state index contributed by atoms with van der Waals surface area (Å²) in [4.78, 5) is 28.3. The molecule has 0 unspecified atom stereocenters. The Morgan fingerprint density at radius 1 is 1.60 bits per heavy atom. The standard InChI is InChI=1S/C13H19N3O2S2/c1-4-8-6-19-10(15-8)5-14-11(17)9-7-20-13(2,3)12(18)16-9/h6,9H,4-5,7H2,1-3H3,(H,14,17)(H,16,18)/t9-/m1/s1. The molecule has 5 nitrogen and oxygen atoms in total. The lowest BCUT2D eigenvalue weighted by atomic mass is 10.1. The predicted molar refractivity (Wildman–Crippen MR) is 81.8 cm³/mol. The van der Waals surface area contributed by atoms with Crippen LogP contribution < -0.4 is 10.6 Å². The van der Waals surface area contributed by atoms with Crippen LogP contribution in [0.5, 0.6) is 0 Å². The fraction of sp³-hybridized carbons (Fsp3) is 0.615. The van der Waals surface area contributed by atoms with Gasteiger partial charge < -0.3 is 10.6 Å². The monoisotopic (exact) mass is 313 g/mol. The van der Waals surface area contributed by atoms with Gasteiger partial charge in [0.15, 0.2) is 0 Å². The van der Waals surface area contributed by atoms with Gasteiger partial charge in [0, 0.05) is 11.1 Å². The molecule has 1 atom stereocenters. The number of thioether (sulfide) groups is 1. The van der Waals surface area contributed by atoms with Crippen molar-refractivity contribution >= 4 is 34.9 Å². The Hall–Kier alpha value is -1.08. The number of carbonyl (C=O) groups excluding carboxylic acids is 2. The maximum Gasteiger partial charge on any atom is 0.243 e. The molecule has 1 aromatic heterocycles. The minimum absolute atomic E-state index is 0.0867. The number of aryl methyl sites for hydroxylation is 1. The highest BCUT2D eigenvalue weighted by atomic mass is 32.2. The molecule has 0 aromatic carbocycles. The summed E-state index contributed by atoms with van der Waals surface area (Å²) in [6.07, 6.45) is 0.898. The van der Waals surface area contributed by atoms with E-state index in [9.17, 15) is 9.59 Å². The molecular weight excluding hydrogens is 294 g/mol. The number of nitrogens with one attached hydrogen (secondary N) is 2. The van der Waals surface area contributed by atoms with E-state index in [-0.39, 0.29) is 11.8 Å². The molecule has 0 saturated carbocycles. The van der Waals surface area contributed by atoms with Gasteiger partial charge in [-0.05, 0) is 20.3 Å². The van der Waals surface area contributed by atoms with Gasteiger partial charge in [-0.15, -0.1) is 23.1 Å². The first-order valence-electron chi connectivity index (χ1n) is 6.58. The molecule has 7 heteroatoms. The molecule has 1 aliphatic heterocycles. The van der Waals surface area contributed by atoms with Crippen LogP contribution in [0.2, 0.25) is 0 Å². The Kier molecular flexibility index (Phi) is 4.70. The number of carbonyl (C=O) groups is 2. The van der Waals surface area contributed by atoms with Crippen molar-refractivity contribution in [2.24, 2.45) is 0 Å². The molecule has 2 amide bonds. The van der Waals surface area contributed by atoms with Gasteiger partial charge in [-0.1, -0.05) is 6.92 Å². The number of amides is 2. The molecule has 0 radical (unpaired) electrons. The lowest BCUT2D eigenvalue weighted by Gasteiger charge is -2.32. The summed E-state index contributed by atoms with van der Waals surface area (Å²) >= 11 is 3.05. The van der Waals surface area contributed by atoms with Gasteiger partial charge in [0.25, 0.3) is 0 Å². The van der Waals surface area contributed by atoms with Crippen molar-refractivity contribution in [3.8, 4) is 0 Å². The van der Waals surface area contributed by atoms with Crippen molar-refractivity contribution in [3.05, 3.63) is 16.1 Å². The lowest BCUT2D eigenvalue weighted by molar-refractivity contribution is -0.129. The number of rotatable bonds is 4. The lowest BCUT2D eigenvalue weighted by Crippen LogP contribution is -2.57. The molecule has 2 N–H and O–H groups in total. The molecule has 1 saturated heterocycles. The van der Waals surface area contributed by atoms with Gasteiger partial charge in [-0.2, -0.15) is 0 Å². The summed E-state index contributed by atoms with van der Waals surface area (Å²) in [6.45, 7) is 6.20. The molecule has 1 fully saturated rings. The zero-order chi connectivity index (χ0) is 14.8. The third-order valence-electron chi connectivity index (χ3n) is 3.15. The van der Waals surface area contributed by atoms with Crippen LogP contribution in [0.4, 0.5) is 0 Å². The summed E-state index contributed by atoms with van der Waals surface area (Å²) in [5.41, 5.74) is 1.04. The third kappa shape index (κ3) is 3.52. The smallest absolute Gasteiger partial charge is 0.243 e. The second kappa shape index (κ2) is 6.13. The molecule has 0 bridgehead atoms. The van der Waals surface area contributed by atoms with E-state index in [2.05, 4.69) is 15.6 Å². The minimum Gasteiger partial charge on any atom is -0.348 e. The fourth-order valence-corrected chi connectivity index (χ4v) is 3.58. The van der Waals surface area contributed by atoms with E-state index in [0.29, 0.717) is 12.3 Å². The molecule has 1 aliphatic rings. The topological polar surface area (TPSA) is 71.1 Å². The quantitative estimate of drug-likeness (QED) is 0.880. The number of aromatic nitrogens is 1. The summed E-state index contributed by atoms with van der Waals surface area (Å²) in [6, 6.07) is -0.453. The molecule has 0 aliphatic carbocycles. The Bertz CT molecular complexity index is 513. The molecule has 2 rings (SSSR count). The normalized spacial score (nSPS) is 21.4. The van der Waals surface area contributed by atoms with Crippen molar-refractivity contribution < 1.29 is 9.59 Å². The summed E-state index contributed by atoms with van der Waals surface area (Å²) in [5.74, 6) is 0.369. The van der Waals surface area contributed by atoms with Crippen LogP contribution in [0.25, 0.3) is 0 Å². The van der Waals surface area contributed by atoms with Crippen LogP contribution in [0, 0.1) is 0 Å². The predicted octanol–water partition coefficient (Wildman–Crippen LogP) is 1.33. The average molecular weight is 313 g/mol. The van der Waals surface area contributed by atoms with E-state index in [1.165, 1.54) is 11.8 Å². The van der Waals surface area contributed by atoms with E-state index in [4.69, 9.17) is 0 Å². The van der Waals surface area contributed by atoms with Gasteiger partial charge in [0.05, 0.1) is 17.0 Å². The van der Waals surface area contributed by atoms with Gasteiger partial charge in [0.1, 0.15) is 11.0 Å². The van der Waals surface area contributed by atoms with Crippen molar-refractivity contribution in [1.29, 1.82) is 0 Å². The highest BCUT2D eigenvalue weighted by molar-refractivity contribution is 8.01. The van der Waals surface area contributed by atoms with E-state index in [1.54, 1.807) is 11.3 Å². The average Bonchev–Trinajstić information content (AvgIpc) is 2.87. The maximum absolute atomic E-state index is 12.0. The van der Waals surface area contributed by atoms with Crippen molar-refractivity contribution in [3.63, 3.8) is 0 Å². The Balaban J connectivity index is 1.85. The van der Waals surface area contributed by atoms with E-state index in [0.717, 1.165) is 17.1 Å². The van der Waals surface area contributed by atoms with Gasteiger partial charge in [0.2, 0.25) is 11.8 Å². The van der Waals surface area contributed by atoms with Crippen molar-refractivity contribution in [2.75, 3.05) is 5.75 Å². The van der Waals surface area contributed by atoms with Gasteiger partial charge in [-0.25, -0.2) is 4.98 Å². The van der Waals surface area contributed by atoms with Crippen LogP contribution in [0.3, 0.4) is 0 Å². The first kappa shape index (κ1) is 15.3. The van der Waals surface area contributed by atoms with E-state index >= 15 is 0 Å². The third-order valence-corrected chi connectivity index (χ3v) is 5.46. The van der Waals surface area contributed by atoms with Crippen molar-refractivity contribution in [1.82, 2.24) is 15.6 Å². The van der Waals surface area contributed by atoms with Crippen LogP contribution >= 0.6 is 23.1 Å². The second-order valence-corrected chi connectivity index (χ2v) is 7.74. The van der Waals surface area contributed by atoms with Crippen LogP contribution in [0.1, 0.15) is 31.5 Å². The number of hydrogen-bond donors (Lipinski definition) is 2. The number of hydrogen-bond acceptors (Lipinski definition) is 5. The molecule has 110 valence electrons. The van der Waals surface area contributed by atoms with Crippen LogP contribution in [0.15, 0.2) is 5.38 Å². The van der Waals surface area contributed by atoms with Crippen molar-refractivity contribution in [2.45, 2.75) is 44.5 Å². The second-order valence-electron chi connectivity index (χ2n) is 5.15. The summed E-state index contributed by atoms with van der Waals surface area (Å²) < 4.78 is -0.456. The first-order valence-corrected chi connectivity index (χ1v) is 8.45. The SMILES string of the molecule is CCc1csc(CNC(=O)[C@H]2CSC(C)(C)C(=O)N2)n1. The Morgan fingerprint density at radius 3 is 2.95 bits per heavy atom. The summed E-state index contributed by atoms with van der Waals surface area (Å²) in [5, 5.41) is 8.50. The molecule has 2 heterocycles. The van der Waals surface area contributed by atoms with E-state index in [1.807, 2.05) is 26.2 Å². The number of nitrogens with zero attached hydrogens (tertiary/aromatic N) is 1. The summed E-state index contributed by atoms with van der Waals surface area (Å²) in [7, 11) is 0. The zero-order valence-electron chi connectivity index (χ0n) is 11.9. The van der Waals surface area contributed by atoms with E-state index < -0.39 is 10.8 Å². The Labute approximate surface area is 126 Å². The number of thiazole rings is 1. The highest BCUT2D eigenvalue weighted by Gasteiger charge is 2.37. The Morgan fingerprint density at radius 2 is 2.35 bits per heavy atom. The fourth-order valence-electron chi connectivity index (χ4n) is 1.75. The molecule has 20 heavy (non-hydrogen) atoms. The largest absolute Gasteiger partial charge is 0.348 e. The van der Waals surface area contributed by atoms with Crippen LogP contribution in [-0.2, 0) is 22.6 Å². The molecule has 0 spiro atoms. The highest BCUT2D eigenvalue weighted by Crippen LogP contribution is 2.28. The van der Waals surface area contributed by atoms with Gasteiger partial charge >= 0.3 is 0 Å². The first-order chi connectivity index (χ1) is 9.42. The maximum atomic E-state index is 12.0. The minimum atomic E-state index is -0.456. The molecular formula is C13H19N3O2S2. The zero-order valence-corrected chi connectivity index (χ0v) is 13.5. The van der Waals surface area contributed by atoms with Gasteiger partial charge in [-0.3, -0.25) is 9.59 Å². The van der Waals surface area contributed by atoms with Crippen LogP contribution in [-0.4, -0.2) is 33.3 Å².